The number of nitrogens with zero attached hydrogens (tertiary/aromatic N) is 1. The molecule has 0 saturated carbocycles. The molecular formula is C15H10F3N3OS. The first kappa shape index (κ1) is 15.4. The van der Waals surface area contributed by atoms with E-state index in [1.807, 2.05) is 0 Å². The molecule has 0 spiro atoms. The van der Waals surface area contributed by atoms with E-state index in [9.17, 15) is 18.0 Å². The molecule has 4 nitrogen and oxygen atoms in total. The second-order valence-electron chi connectivity index (χ2n) is 4.64. The second-order valence-corrected chi connectivity index (χ2v) is 5.61. The van der Waals surface area contributed by atoms with Crippen molar-refractivity contribution >= 4 is 34.4 Å². The molecule has 0 aliphatic rings. The van der Waals surface area contributed by atoms with E-state index in [-0.39, 0.29) is 17.0 Å². The number of benzene rings is 2. The number of aromatic amines is 1. The quantitative estimate of drug-likeness (QED) is 0.714. The lowest BCUT2D eigenvalue weighted by Gasteiger charge is -2.04. The number of fused-ring (bicyclic) bond motifs is 1. The number of amides is 1. The Bertz CT molecular complexity index is 843. The van der Waals surface area contributed by atoms with Crippen molar-refractivity contribution in [2.45, 2.75) is 5.16 Å². The summed E-state index contributed by atoms with van der Waals surface area (Å²) >= 11 is 1.05. The Morgan fingerprint density at radius 3 is 2.65 bits per heavy atom. The molecule has 0 radical (unpaired) electrons. The molecular weight excluding hydrogens is 327 g/mol. The zero-order valence-electron chi connectivity index (χ0n) is 11.6. The number of halogens is 3. The van der Waals surface area contributed by atoms with E-state index in [2.05, 4.69) is 15.3 Å². The van der Waals surface area contributed by atoms with E-state index < -0.39 is 23.4 Å². The van der Waals surface area contributed by atoms with Gasteiger partial charge in [-0.05, 0) is 12.1 Å². The number of carbonyl (C=O) groups is 1. The summed E-state index contributed by atoms with van der Waals surface area (Å²) < 4.78 is 39.7. The summed E-state index contributed by atoms with van der Waals surface area (Å²) in [5.74, 6) is -2.94. The number of hydrogen-bond acceptors (Lipinski definition) is 3. The highest BCUT2D eigenvalue weighted by molar-refractivity contribution is 7.99. The molecule has 0 atom stereocenters. The lowest BCUT2D eigenvalue weighted by atomic mass is 10.3. The first-order valence-electron chi connectivity index (χ1n) is 6.55. The van der Waals surface area contributed by atoms with Gasteiger partial charge in [0.15, 0.2) is 16.8 Å². The number of imidazole rings is 1. The lowest BCUT2D eigenvalue weighted by molar-refractivity contribution is -0.113. The normalized spacial score (nSPS) is 10.9. The molecule has 0 bridgehead atoms. The molecule has 8 heteroatoms. The highest BCUT2D eigenvalue weighted by Gasteiger charge is 2.11. The van der Waals surface area contributed by atoms with Gasteiger partial charge in [-0.1, -0.05) is 23.9 Å². The fraction of sp³-hybridized carbons (Fsp3) is 0.0667. The Kier molecular flexibility index (Phi) is 4.24. The predicted molar refractivity (Wildman–Crippen MR) is 81.8 cm³/mol. The Morgan fingerprint density at radius 2 is 1.87 bits per heavy atom. The highest BCUT2D eigenvalue weighted by atomic mass is 32.2. The smallest absolute Gasteiger partial charge is 0.234 e. The molecule has 1 amide bonds. The number of anilines is 1. The largest absolute Gasteiger partial charge is 0.333 e. The van der Waals surface area contributed by atoms with Crippen LogP contribution < -0.4 is 5.32 Å². The third-order valence-electron chi connectivity index (χ3n) is 2.99. The maximum absolute atomic E-state index is 13.4. The van der Waals surface area contributed by atoms with Crippen molar-refractivity contribution in [1.29, 1.82) is 0 Å². The van der Waals surface area contributed by atoms with Crippen LogP contribution in [0.4, 0.5) is 18.9 Å². The van der Waals surface area contributed by atoms with E-state index in [1.54, 1.807) is 6.07 Å². The minimum absolute atomic E-state index is 0.0287. The molecule has 1 aromatic heterocycles. The third kappa shape index (κ3) is 3.48. The number of aromatic nitrogens is 2. The van der Waals surface area contributed by atoms with Gasteiger partial charge in [0, 0.05) is 12.1 Å². The minimum atomic E-state index is -0.988. The monoisotopic (exact) mass is 337 g/mol. The number of thioether (sulfide) groups is 1. The van der Waals surface area contributed by atoms with Gasteiger partial charge < -0.3 is 10.3 Å². The highest BCUT2D eigenvalue weighted by Crippen LogP contribution is 2.22. The lowest BCUT2D eigenvalue weighted by Crippen LogP contribution is -2.15. The molecule has 3 aromatic rings. The Morgan fingerprint density at radius 1 is 1.13 bits per heavy atom. The molecule has 0 fully saturated rings. The van der Waals surface area contributed by atoms with Crippen LogP contribution in [0.1, 0.15) is 0 Å². The van der Waals surface area contributed by atoms with Crippen LogP contribution in [0.2, 0.25) is 0 Å². The predicted octanol–water partition coefficient (Wildman–Crippen LogP) is 3.71. The first-order chi connectivity index (χ1) is 11.0. The average Bonchev–Trinajstić information content (AvgIpc) is 2.90. The molecule has 0 unspecified atom stereocenters. The van der Waals surface area contributed by atoms with Crippen molar-refractivity contribution in [2.24, 2.45) is 0 Å². The van der Waals surface area contributed by atoms with Gasteiger partial charge in [0.25, 0.3) is 0 Å². The zero-order valence-corrected chi connectivity index (χ0v) is 12.4. The molecule has 118 valence electrons. The molecule has 0 aliphatic carbocycles. The Balaban J connectivity index is 1.66. The Labute approximate surface area is 133 Å². The van der Waals surface area contributed by atoms with Gasteiger partial charge in [-0.25, -0.2) is 18.2 Å². The van der Waals surface area contributed by atoms with E-state index in [4.69, 9.17) is 0 Å². The summed E-state index contributed by atoms with van der Waals surface area (Å²) in [7, 11) is 0. The van der Waals surface area contributed by atoms with Crippen LogP contribution in [-0.2, 0) is 4.79 Å². The summed E-state index contributed by atoms with van der Waals surface area (Å²) in [6, 6.07) is 7.79. The third-order valence-corrected chi connectivity index (χ3v) is 3.86. The van der Waals surface area contributed by atoms with Crippen LogP contribution in [0.3, 0.4) is 0 Å². The van der Waals surface area contributed by atoms with Crippen molar-refractivity contribution in [2.75, 3.05) is 11.1 Å². The van der Waals surface area contributed by atoms with E-state index in [0.29, 0.717) is 10.7 Å². The number of H-pyrrole nitrogens is 1. The van der Waals surface area contributed by atoms with Gasteiger partial charge in [0.05, 0.1) is 22.5 Å². The van der Waals surface area contributed by atoms with Gasteiger partial charge in [-0.3, -0.25) is 4.79 Å². The van der Waals surface area contributed by atoms with Gasteiger partial charge in [-0.15, -0.1) is 0 Å². The second kappa shape index (κ2) is 6.33. The maximum atomic E-state index is 13.4. The SMILES string of the molecule is O=C(CSc1nc2cc(F)c(F)cc2[nH]1)Nc1ccccc1F. The van der Waals surface area contributed by atoms with E-state index in [0.717, 1.165) is 23.9 Å². The number of carbonyl (C=O) groups excluding carboxylic acids is 1. The van der Waals surface area contributed by atoms with Crippen molar-refractivity contribution in [3.63, 3.8) is 0 Å². The van der Waals surface area contributed by atoms with Gasteiger partial charge in [0.1, 0.15) is 5.82 Å². The number of rotatable bonds is 4. The van der Waals surface area contributed by atoms with Crippen LogP contribution >= 0.6 is 11.8 Å². The Hall–Kier alpha value is -2.48. The molecule has 2 N–H and O–H groups in total. The van der Waals surface area contributed by atoms with Crippen molar-refractivity contribution in [3.8, 4) is 0 Å². The first-order valence-corrected chi connectivity index (χ1v) is 7.53. The fourth-order valence-electron chi connectivity index (χ4n) is 1.93. The van der Waals surface area contributed by atoms with Gasteiger partial charge in [0.2, 0.25) is 5.91 Å². The topological polar surface area (TPSA) is 57.8 Å². The molecule has 2 aromatic carbocycles. The van der Waals surface area contributed by atoms with Gasteiger partial charge in [-0.2, -0.15) is 0 Å². The number of hydrogen-bond donors (Lipinski definition) is 2. The van der Waals surface area contributed by atoms with Crippen LogP contribution in [-0.4, -0.2) is 21.6 Å². The zero-order chi connectivity index (χ0) is 16.4. The van der Waals surface area contributed by atoms with Crippen molar-refractivity contribution < 1.29 is 18.0 Å². The van der Waals surface area contributed by atoms with Gasteiger partial charge >= 0.3 is 0 Å². The maximum Gasteiger partial charge on any atom is 0.234 e. The molecule has 0 saturated heterocycles. The summed E-state index contributed by atoms with van der Waals surface area (Å²) in [5.41, 5.74) is 0.689. The van der Waals surface area contributed by atoms with E-state index in [1.165, 1.54) is 18.2 Å². The average molecular weight is 337 g/mol. The number of para-hydroxylation sites is 1. The van der Waals surface area contributed by atoms with Crippen LogP contribution in [0.15, 0.2) is 41.6 Å². The molecule has 0 aliphatic heterocycles. The summed E-state index contributed by atoms with van der Waals surface area (Å²) in [5, 5.41) is 2.78. The van der Waals surface area contributed by atoms with Crippen molar-refractivity contribution in [3.05, 3.63) is 53.8 Å². The van der Waals surface area contributed by atoms with E-state index >= 15 is 0 Å². The van der Waals surface area contributed by atoms with Crippen molar-refractivity contribution in [1.82, 2.24) is 9.97 Å². The summed E-state index contributed by atoms with van der Waals surface area (Å²) in [6.45, 7) is 0. The summed E-state index contributed by atoms with van der Waals surface area (Å²) in [6.07, 6.45) is 0. The fourth-order valence-corrected chi connectivity index (χ4v) is 2.62. The molecule has 23 heavy (non-hydrogen) atoms. The molecule has 1 heterocycles. The van der Waals surface area contributed by atoms with Crippen LogP contribution in [0.5, 0.6) is 0 Å². The van der Waals surface area contributed by atoms with Crippen LogP contribution in [0, 0.1) is 17.5 Å². The number of nitrogens with one attached hydrogen (secondary N) is 2. The van der Waals surface area contributed by atoms with Crippen LogP contribution in [0.25, 0.3) is 11.0 Å². The summed E-state index contributed by atoms with van der Waals surface area (Å²) in [4.78, 5) is 18.6. The standard InChI is InChI=1S/C15H10F3N3OS/c16-8-3-1-2-4-11(8)19-14(22)7-23-15-20-12-5-9(17)10(18)6-13(12)21-15/h1-6H,7H2,(H,19,22)(H,20,21). The minimum Gasteiger partial charge on any atom is -0.333 e. The molecule has 3 rings (SSSR count).